The van der Waals surface area contributed by atoms with Crippen LogP contribution in [-0.2, 0) is 12.8 Å². The Morgan fingerprint density at radius 1 is 0.500 bits per heavy atom. The number of hydrogen-bond donors (Lipinski definition) is 2. The van der Waals surface area contributed by atoms with Crippen LogP contribution in [0.1, 0.15) is 49.7 Å². The second-order valence-corrected chi connectivity index (χ2v) is 10.0. The molecule has 2 aliphatic carbocycles. The van der Waals surface area contributed by atoms with E-state index >= 15 is 0 Å². The molecule has 44 heavy (non-hydrogen) atoms. The Morgan fingerprint density at radius 3 is 1.20 bits per heavy atom. The summed E-state index contributed by atoms with van der Waals surface area (Å²) in [5.74, 6) is 0. The number of rotatable bonds is 8. The maximum Gasteiger partial charge on any atom is 0.301 e. The van der Waals surface area contributed by atoms with Crippen LogP contribution in [0.5, 0.6) is 0 Å². The number of nitrogens with zero attached hydrogens (tertiary/aromatic N) is 6. The normalized spacial score (nSPS) is 15.8. The first-order chi connectivity index (χ1) is 21.1. The lowest BCUT2D eigenvalue weighted by Crippen LogP contribution is -2.19. The van der Waals surface area contributed by atoms with Gasteiger partial charge in [0.2, 0.25) is 0 Å². The van der Waals surface area contributed by atoms with E-state index in [-0.39, 0.29) is 11.4 Å². The number of fused-ring (bicyclic) bond motifs is 11. The third-order valence-corrected chi connectivity index (χ3v) is 7.01. The second kappa shape index (κ2) is 14.4. The molecule has 3 aromatic rings. The van der Waals surface area contributed by atoms with Gasteiger partial charge in [-0.15, -0.1) is 0 Å². The maximum absolute atomic E-state index is 11.7. The molecule has 0 unspecified atom stereocenters. The molecule has 2 bridgehead atoms. The van der Waals surface area contributed by atoms with Crippen molar-refractivity contribution in [1.82, 2.24) is 0 Å². The van der Waals surface area contributed by atoms with E-state index in [0.29, 0.717) is 37.1 Å². The van der Waals surface area contributed by atoms with E-state index < -0.39 is 42.4 Å². The van der Waals surface area contributed by atoms with Gasteiger partial charge in [0, 0.05) is 12.1 Å². The van der Waals surface area contributed by atoms with Gasteiger partial charge in [0.1, 0.15) is 11.4 Å². The molecule has 3 aromatic carbocycles. The number of non-ortho nitro benzene ring substituents is 2. The summed E-state index contributed by atoms with van der Waals surface area (Å²) >= 11 is 0. The lowest BCUT2D eigenvalue weighted by atomic mass is 9.97. The molecule has 16 nitrogen and oxygen atoms in total. The van der Waals surface area contributed by atoms with Crippen LogP contribution in [0.3, 0.4) is 0 Å². The topological polar surface area (TPSA) is 221 Å². The van der Waals surface area contributed by atoms with Crippen LogP contribution in [-0.4, -0.2) is 31.1 Å². The Labute approximate surface area is 250 Å². The minimum absolute atomic E-state index is 0.0645. The first kappa shape index (κ1) is 31.1. The monoisotopic (exact) mass is 604 g/mol. The maximum atomic E-state index is 11.7. The highest BCUT2D eigenvalue weighted by Gasteiger charge is 2.22. The van der Waals surface area contributed by atoms with Crippen molar-refractivity contribution in [1.29, 1.82) is 0 Å². The highest BCUT2D eigenvalue weighted by atomic mass is 16.6. The summed E-state index contributed by atoms with van der Waals surface area (Å²) in [4.78, 5) is 42.6. The molecule has 0 radical (unpaired) electrons. The third-order valence-electron chi connectivity index (χ3n) is 7.01. The van der Waals surface area contributed by atoms with Gasteiger partial charge in [-0.25, -0.2) is 0 Å². The fourth-order valence-corrected chi connectivity index (χ4v) is 4.66. The van der Waals surface area contributed by atoms with Crippen molar-refractivity contribution in [2.45, 2.75) is 51.4 Å². The van der Waals surface area contributed by atoms with Crippen molar-refractivity contribution in [2.75, 3.05) is 10.9 Å². The number of aryl methyl sites for hydroxylation is 2. The molecule has 2 aliphatic rings. The number of anilines is 2. The number of nitro groups is 4. The average molecular weight is 605 g/mol. The van der Waals surface area contributed by atoms with Crippen LogP contribution in [0, 0.1) is 40.5 Å². The zero-order valence-electron chi connectivity index (χ0n) is 23.4. The van der Waals surface area contributed by atoms with Crippen molar-refractivity contribution in [2.24, 2.45) is 10.2 Å². The lowest BCUT2D eigenvalue weighted by molar-refractivity contribution is -0.393. The van der Waals surface area contributed by atoms with Crippen molar-refractivity contribution in [3.8, 4) is 0 Å². The fourth-order valence-electron chi connectivity index (χ4n) is 4.66. The Hall–Kier alpha value is -5.80. The van der Waals surface area contributed by atoms with Crippen LogP contribution in [0.25, 0.3) is 0 Å². The summed E-state index contributed by atoms with van der Waals surface area (Å²) in [6.45, 7) is 0. The minimum Gasteiger partial charge on any atom is -0.271 e. The van der Waals surface area contributed by atoms with E-state index in [1.807, 2.05) is 0 Å². The molecule has 0 atom stereocenters. The van der Waals surface area contributed by atoms with Gasteiger partial charge in [-0.1, -0.05) is 24.3 Å². The van der Waals surface area contributed by atoms with E-state index in [1.165, 1.54) is 23.3 Å². The SMILES string of the molecule is O=[N+]([O-])c1ccc(NN=C2CCCCc3ccc(cc3)CCCCC2=NNc2ccc([N+](=O)[O-])cc2[N+](=O)[O-])c([N+](=O)[O-])c1. The summed E-state index contributed by atoms with van der Waals surface area (Å²) in [6.07, 6.45) is 5.35. The number of hydrogen-bond acceptors (Lipinski definition) is 12. The molecule has 0 saturated carbocycles. The number of nitrogens with one attached hydrogen (secondary N) is 2. The minimum atomic E-state index is -0.752. The molecule has 0 fully saturated rings. The molecule has 16 heteroatoms. The molecule has 0 amide bonds. The molecule has 0 saturated heterocycles. The standard InChI is InChI=1S/C28H28N8O8/c37-33(38)21-13-15-25(27(17-21)35(41)42)31-29-23-7-3-1-5-19-9-11-20(12-10-19)6-2-4-8-24(23)30-32-26-16-14-22(34(39)40)18-28(26)36(43)44/h9-18,31-32H,1-8H2. The summed E-state index contributed by atoms with van der Waals surface area (Å²) in [6, 6.07) is 14.8. The Balaban J connectivity index is 1.70. The summed E-state index contributed by atoms with van der Waals surface area (Å²) in [5.41, 5.74) is 6.48. The predicted molar refractivity (Wildman–Crippen MR) is 163 cm³/mol. The quantitative estimate of drug-likeness (QED) is 0.204. The van der Waals surface area contributed by atoms with Crippen LogP contribution in [0.2, 0.25) is 0 Å². The van der Waals surface area contributed by atoms with Crippen molar-refractivity contribution >= 4 is 45.5 Å². The predicted octanol–water partition coefficient (Wildman–Crippen LogP) is 6.69. The average Bonchev–Trinajstić information content (AvgIpc) is 3.00. The summed E-state index contributed by atoms with van der Waals surface area (Å²) in [7, 11) is 0. The van der Waals surface area contributed by atoms with E-state index in [4.69, 9.17) is 0 Å². The van der Waals surface area contributed by atoms with Crippen molar-refractivity contribution < 1.29 is 19.7 Å². The van der Waals surface area contributed by atoms with Crippen molar-refractivity contribution in [3.63, 3.8) is 0 Å². The molecule has 2 N–H and O–H groups in total. The van der Waals surface area contributed by atoms with Crippen LogP contribution in [0.4, 0.5) is 34.1 Å². The van der Waals surface area contributed by atoms with Crippen LogP contribution >= 0.6 is 0 Å². The van der Waals surface area contributed by atoms with E-state index in [9.17, 15) is 40.5 Å². The van der Waals surface area contributed by atoms with Gasteiger partial charge >= 0.3 is 11.4 Å². The molecular formula is C28H28N8O8. The van der Waals surface area contributed by atoms with Gasteiger partial charge in [-0.3, -0.25) is 51.3 Å². The zero-order valence-corrected chi connectivity index (χ0v) is 23.4. The molecule has 0 spiro atoms. The first-order valence-electron chi connectivity index (χ1n) is 13.7. The van der Waals surface area contributed by atoms with E-state index in [2.05, 4.69) is 45.3 Å². The smallest absolute Gasteiger partial charge is 0.271 e. The number of nitro benzene ring substituents is 4. The van der Waals surface area contributed by atoms with Gasteiger partial charge in [-0.05, 0) is 74.6 Å². The fraction of sp³-hybridized carbons (Fsp3) is 0.286. The number of benzene rings is 3. The molecule has 0 aromatic heterocycles. The van der Waals surface area contributed by atoms with Crippen LogP contribution in [0.15, 0.2) is 70.9 Å². The molecular weight excluding hydrogens is 576 g/mol. The molecule has 5 rings (SSSR count). The van der Waals surface area contributed by atoms with Gasteiger partial charge in [-0.2, -0.15) is 10.2 Å². The third kappa shape index (κ3) is 8.15. The Bertz CT molecular complexity index is 1520. The largest absolute Gasteiger partial charge is 0.301 e. The van der Waals surface area contributed by atoms with E-state index in [1.54, 1.807) is 0 Å². The summed E-state index contributed by atoms with van der Waals surface area (Å²) < 4.78 is 0. The van der Waals surface area contributed by atoms with Crippen LogP contribution < -0.4 is 10.9 Å². The summed E-state index contributed by atoms with van der Waals surface area (Å²) in [5, 5.41) is 54.5. The Kier molecular flexibility index (Phi) is 10.2. The number of hydrazone groups is 2. The molecule has 0 aliphatic heterocycles. The van der Waals surface area contributed by atoms with Gasteiger partial charge in [0.05, 0.1) is 43.2 Å². The lowest BCUT2D eigenvalue weighted by Gasteiger charge is -2.13. The molecule has 0 heterocycles. The molecule has 228 valence electrons. The van der Waals surface area contributed by atoms with Gasteiger partial charge < -0.3 is 0 Å². The highest BCUT2D eigenvalue weighted by molar-refractivity contribution is 6.42. The highest BCUT2D eigenvalue weighted by Crippen LogP contribution is 2.30. The van der Waals surface area contributed by atoms with E-state index in [0.717, 1.165) is 49.9 Å². The second-order valence-electron chi connectivity index (χ2n) is 10.0. The Morgan fingerprint density at radius 2 is 0.864 bits per heavy atom. The first-order valence-corrected chi connectivity index (χ1v) is 13.7. The zero-order chi connectivity index (χ0) is 31.6. The van der Waals surface area contributed by atoms with Gasteiger partial charge in [0.25, 0.3) is 11.4 Å². The van der Waals surface area contributed by atoms with Crippen molar-refractivity contribution in [3.05, 3.63) is 112 Å². The van der Waals surface area contributed by atoms with Gasteiger partial charge in [0.15, 0.2) is 0 Å².